The van der Waals surface area contributed by atoms with Gasteiger partial charge in [-0.3, -0.25) is 0 Å². The Hall–Kier alpha value is -3.39. The highest BCUT2D eigenvalue weighted by Gasteiger charge is 2.07. The van der Waals surface area contributed by atoms with Gasteiger partial charge in [-0.2, -0.15) is 15.0 Å². The highest BCUT2D eigenvalue weighted by atomic mass is 16.5. The van der Waals surface area contributed by atoms with Crippen molar-refractivity contribution in [1.29, 1.82) is 0 Å². The van der Waals surface area contributed by atoms with Gasteiger partial charge in [0.25, 0.3) is 0 Å². The maximum absolute atomic E-state index is 9.05. The zero-order valence-electron chi connectivity index (χ0n) is 16.4. The normalized spacial score (nSPS) is 10.4. The van der Waals surface area contributed by atoms with Crippen LogP contribution in [-0.2, 0) is 13.0 Å². The molecule has 0 bridgehead atoms. The molecule has 0 aliphatic rings. The van der Waals surface area contributed by atoms with Gasteiger partial charge in [-0.1, -0.05) is 42.5 Å². The third kappa shape index (κ3) is 6.62. The number of ether oxygens (including phenoxy) is 1. The molecule has 4 N–H and O–H groups in total. The third-order valence-electron chi connectivity index (χ3n) is 4.18. The fourth-order valence-corrected chi connectivity index (χ4v) is 2.67. The second kappa shape index (κ2) is 10.8. The van der Waals surface area contributed by atoms with Gasteiger partial charge < -0.3 is 25.8 Å². The van der Waals surface area contributed by atoms with Crippen molar-refractivity contribution in [3.63, 3.8) is 0 Å². The highest BCUT2D eigenvalue weighted by molar-refractivity contribution is 5.43. The second-order valence-electron chi connectivity index (χ2n) is 6.32. The molecule has 0 radical (unpaired) electrons. The molecule has 8 nitrogen and oxygen atoms in total. The molecule has 0 aliphatic heterocycles. The van der Waals surface area contributed by atoms with E-state index in [1.165, 1.54) is 5.56 Å². The Bertz CT molecular complexity index is 874. The van der Waals surface area contributed by atoms with Crippen LogP contribution in [0.1, 0.15) is 11.1 Å². The molecule has 152 valence electrons. The van der Waals surface area contributed by atoms with E-state index < -0.39 is 0 Å². The van der Waals surface area contributed by atoms with Crippen LogP contribution in [0.5, 0.6) is 5.75 Å². The molecule has 0 amide bonds. The smallest absolute Gasteiger partial charge is 0.229 e. The van der Waals surface area contributed by atoms with Crippen molar-refractivity contribution in [2.45, 2.75) is 13.0 Å². The Morgan fingerprint density at radius 2 is 1.38 bits per heavy atom. The average Bonchev–Trinajstić information content (AvgIpc) is 2.77. The van der Waals surface area contributed by atoms with Crippen LogP contribution in [0.15, 0.2) is 54.6 Å². The average molecular weight is 394 g/mol. The van der Waals surface area contributed by atoms with E-state index in [0.717, 1.165) is 17.7 Å². The number of rotatable bonds is 11. The van der Waals surface area contributed by atoms with Crippen LogP contribution < -0.4 is 20.7 Å². The van der Waals surface area contributed by atoms with Crippen molar-refractivity contribution in [3.8, 4) is 5.75 Å². The van der Waals surface area contributed by atoms with Crippen molar-refractivity contribution in [2.75, 3.05) is 42.8 Å². The van der Waals surface area contributed by atoms with Gasteiger partial charge in [0, 0.05) is 19.6 Å². The fourth-order valence-electron chi connectivity index (χ4n) is 2.67. The number of hydrogen-bond donors (Lipinski definition) is 4. The van der Waals surface area contributed by atoms with Gasteiger partial charge >= 0.3 is 0 Å². The van der Waals surface area contributed by atoms with Crippen LogP contribution in [-0.4, -0.2) is 46.9 Å². The van der Waals surface area contributed by atoms with E-state index in [2.05, 4.69) is 43.0 Å². The number of benzene rings is 2. The third-order valence-corrected chi connectivity index (χ3v) is 4.18. The minimum Gasteiger partial charge on any atom is -0.497 e. The van der Waals surface area contributed by atoms with Crippen molar-refractivity contribution in [3.05, 3.63) is 65.7 Å². The largest absolute Gasteiger partial charge is 0.497 e. The Balaban J connectivity index is 1.63. The van der Waals surface area contributed by atoms with Crippen molar-refractivity contribution in [1.82, 2.24) is 15.0 Å². The number of aromatic nitrogens is 3. The first-order chi connectivity index (χ1) is 14.3. The van der Waals surface area contributed by atoms with Crippen molar-refractivity contribution >= 4 is 17.8 Å². The zero-order valence-corrected chi connectivity index (χ0v) is 16.4. The number of anilines is 3. The first-order valence-corrected chi connectivity index (χ1v) is 9.52. The molecule has 0 atom stereocenters. The highest BCUT2D eigenvalue weighted by Crippen LogP contribution is 2.14. The van der Waals surface area contributed by atoms with E-state index in [-0.39, 0.29) is 6.61 Å². The van der Waals surface area contributed by atoms with Crippen molar-refractivity contribution < 1.29 is 9.84 Å². The molecular weight excluding hydrogens is 368 g/mol. The molecule has 29 heavy (non-hydrogen) atoms. The quantitative estimate of drug-likeness (QED) is 0.393. The lowest BCUT2D eigenvalue weighted by molar-refractivity contribution is 0.311. The van der Waals surface area contributed by atoms with Crippen LogP contribution in [0.25, 0.3) is 0 Å². The van der Waals surface area contributed by atoms with E-state index in [1.807, 2.05) is 42.5 Å². The number of nitrogens with zero attached hydrogens (tertiary/aromatic N) is 3. The van der Waals surface area contributed by atoms with E-state index >= 15 is 0 Å². The topological polar surface area (TPSA) is 104 Å². The van der Waals surface area contributed by atoms with Crippen LogP contribution in [0.3, 0.4) is 0 Å². The predicted molar refractivity (Wildman–Crippen MR) is 114 cm³/mol. The van der Waals surface area contributed by atoms with Crippen LogP contribution in [0, 0.1) is 0 Å². The summed E-state index contributed by atoms with van der Waals surface area (Å²) in [6.07, 6.45) is 0.862. The Labute approximate surface area is 170 Å². The molecule has 0 saturated carbocycles. The first-order valence-electron chi connectivity index (χ1n) is 9.52. The molecule has 0 fully saturated rings. The molecule has 2 aromatic carbocycles. The van der Waals surface area contributed by atoms with E-state index in [4.69, 9.17) is 9.84 Å². The summed E-state index contributed by atoms with van der Waals surface area (Å²) in [6, 6.07) is 18.0. The lowest BCUT2D eigenvalue weighted by Crippen LogP contribution is -2.15. The zero-order chi connectivity index (χ0) is 20.3. The molecule has 1 aromatic heterocycles. The monoisotopic (exact) mass is 394 g/mol. The summed E-state index contributed by atoms with van der Waals surface area (Å²) in [6.45, 7) is 1.63. The molecule has 1 heterocycles. The second-order valence-corrected chi connectivity index (χ2v) is 6.32. The Morgan fingerprint density at radius 1 is 0.759 bits per heavy atom. The number of hydrogen-bond acceptors (Lipinski definition) is 8. The standard InChI is InChI=1S/C21H26N6O2/c1-29-18-9-7-17(8-10-18)15-24-21-26-19(25-20(27-21)23-13-14-28)22-12-11-16-5-3-2-4-6-16/h2-10,28H,11-15H2,1H3,(H3,22,23,24,25,26,27). The van der Waals surface area contributed by atoms with Gasteiger partial charge in [-0.15, -0.1) is 0 Å². The molecule has 8 heteroatoms. The summed E-state index contributed by atoms with van der Waals surface area (Å²) >= 11 is 0. The maximum Gasteiger partial charge on any atom is 0.229 e. The number of aliphatic hydroxyl groups excluding tert-OH is 1. The van der Waals surface area contributed by atoms with Gasteiger partial charge in [-0.05, 0) is 29.7 Å². The molecule has 0 aliphatic carbocycles. The summed E-state index contributed by atoms with van der Waals surface area (Å²) in [5.74, 6) is 2.16. The predicted octanol–water partition coefficient (Wildman–Crippen LogP) is 2.55. The lowest BCUT2D eigenvalue weighted by atomic mass is 10.1. The fraction of sp³-hybridized carbons (Fsp3) is 0.286. The number of aliphatic hydroxyl groups is 1. The van der Waals surface area contributed by atoms with Crippen LogP contribution >= 0.6 is 0 Å². The minimum absolute atomic E-state index is 0.00291. The van der Waals surface area contributed by atoms with Gasteiger partial charge in [-0.25, -0.2) is 0 Å². The van der Waals surface area contributed by atoms with Gasteiger partial charge in [0.05, 0.1) is 13.7 Å². The van der Waals surface area contributed by atoms with E-state index in [1.54, 1.807) is 7.11 Å². The molecule has 3 rings (SSSR count). The molecule has 0 unspecified atom stereocenters. The first kappa shape index (κ1) is 20.3. The Kier molecular flexibility index (Phi) is 7.59. The summed E-state index contributed by atoms with van der Waals surface area (Å²) in [5.41, 5.74) is 2.32. The van der Waals surface area contributed by atoms with Crippen molar-refractivity contribution in [2.24, 2.45) is 0 Å². The van der Waals surface area contributed by atoms with Crippen LogP contribution in [0.2, 0.25) is 0 Å². The molecule has 3 aromatic rings. The summed E-state index contributed by atoms with van der Waals surface area (Å²) < 4.78 is 5.18. The summed E-state index contributed by atoms with van der Waals surface area (Å²) in [5, 5.41) is 18.5. The van der Waals surface area contributed by atoms with E-state index in [9.17, 15) is 0 Å². The minimum atomic E-state index is -0.00291. The summed E-state index contributed by atoms with van der Waals surface area (Å²) in [4.78, 5) is 13.2. The van der Waals surface area contributed by atoms with Gasteiger partial charge in [0.15, 0.2) is 0 Å². The number of nitrogens with one attached hydrogen (secondary N) is 3. The van der Waals surface area contributed by atoms with E-state index in [0.29, 0.717) is 37.5 Å². The van der Waals surface area contributed by atoms with Gasteiger partial charge in [0.2, 0.25) is 17.8 Å². The van der Waals surface area contributed by atoms with Crippen LogP contribution in [0.4, 0.5) is 17.8 Å². The Morgan fingerprint density at radius 3 is 2.00 bits per heavy atom. The summed E-state index contributed by atoms with van der Waals surface area (Å²) in [7, 11) is 1.64. The maximum atomic E-state index is 9.05. The number of methoxy groups -OCH3 is 1. The molecule has 0 saturated heterocycles. The molecule has 0 spiro atoms. The van der Waals surface area contributed by atoms with Gasteiger partial charge in [0.1, 0.15) is 5.75 Å². The SMILES string of the molecule is COc1ccc(CNc2nc(NCCO)nc(NCCc3ccccc3)n2)cc1. The molecular formula is C21H26N6O2. The lowest BCUT2D eigenvalue weighted by Gasteiger charge is -2.11.